The number of nitrogens with zero attached hydrogens (tertiary/aromatic N) is 1. The summed E-state index contributed by atoms with van der Waals surface area (Å²) in [6.07, 6.45) is 1.86. The highest BCUT2D eigenvalue weighted by atomic mass is 28.4. The summed E-state index contributed by atoms with van der Waals surface area (Å²) in [4.78, 5) is 41.5. The molecule has 13 heteroatoms. The normalized spacial score (nSPS) is 11.7. The number of nitrogens with two attached hydrogens (primary N) is 1. The van der Waals surface area contributed by atoms with E-state index in [1.165, 1.54) is 6.07 Å². The number of aryl methyl sites for hydroxylation is 1. The minimum atomic E-state index is -1.78. The fraction of sp³-hybridized carbons (Fsp3) is 0.684. The lowest BCUT2D eigenvalue weighted by atomic mass is 10.4. The predicted molar refractivity (Wildman–Crippen MR) is 132 cm³/mol. The van der Waals surface area contributed by atoms with Crippen LogP contribution in [0.25, 0.3) is 0 Å². The van der Waals surface area contributed by atoms with Crippen LogP contribution in [0.5, 0.6) is 0 Å². The number of carbonyl (C=O) groups is 2. The molecule has 0 aliphatic heterocycles. The van der Waals surface area contributed by atoms with Gasteiger partial charge in [0.1, 0.15) is 0 Å². The van der Waals surface area contributed by atoms with Gasteiger partial charge in [-0.1, -0.05) is 0 Å². The molecule has 0 saturated carbocycles. The van der Waals surface area contributed by atoms with Crippen LogP contribution in [0.3, 0.4) is 0 Å². The maximum atomic E-state index is 11.9. The van der Waals surface area contributed by atoms with Crippen LogP contribution in [0.4, 0.5) is 15.5 Å². The number of rotatable bonds is 13. The smallest absolute Gasteiger partial charge is 0.321 e. The van der Waals surface area contributed by atoms with Crippen molar-refractivity contribution < 1.29 is 13.7 Å². The van der Waals surface area contributed by atoms with Gasteiger partial charge in [0.15, 0.2) is 16.6 Å². The van der Waals surface area contributed by atoms with Crippen LogP contribution in [0, 0.1) is 6.92 Å². The second kappa shape index (κ2) is 13.4. The third-order valence-electron chi connectivity index (χ3n) is 4.58. The highest BCUT2D eigenvalue weighted by Gasteiger charge is 2.32. The zero-order valence-electron chi connectivity index (χ0n) is 19.9. The van der Waals surface area contributed by atoms with Crippen molar-refractivity contribution in [3.63, 3.8) is 0 Å². The summed E-state index contributed by atoms with van der Waals surface area (Å²) in [5.41, 5.74) is 5.77. The van der Waals surface area contributed by atoms with Crippen LogP contribution >= 0.6 is 0 Å². The Bertz CT molecular complexity index is 802. The number of aromatic nitrogens is 2. The Morgan fingerprint density at radius 2 is 1.56 bits per heavy atom. The number of hydrogen-bond acceptors (Lipinski definition) is 6. The maximum absolute atomic E-state index is 11.9. The highest BCUT2D eigenvalue weighted by Crippen LogP contribution is 2.23. The first-order valence-corrected chi connectivity index (χ1v) is 17.2. The van der Waals surface area contributed by atoms with Gasteiger partial charge < -0.3 is 30.8 Å². The second-order valence-electron chi connectivity index (χ2n) is 8.93. The van der Waals surface area contributed by atoms with Crippen molar-refractivity contribution >= 4 is 34.6 Å². The van der Waals surface area contributed by atoms with E-state index < -0.39 is 28.2 Å². The number of hydrogen-bond donors (Lipinski definition) is 6. The molecule has 0 saturated heterocycles. The van der Waals surface area contributed by atoms with E-state index in [9.17, 15) is 14.4 Å². The molecule has 0 fully saturated rings. The largest absolute Gasteiger partial charge is 0.455 e. The molecule has 182 valence electrons. The number of anilines is 1. The van der Waals surface area contributed by atoms with Gasteiger partial charge in [0.2, 0.25) is 5.95 Å². The lowest BCUT2D eigenvalue weighted by molar-refractivity contribution is 0.239. The van der Waals surface area contributed by atoms with E-state index in [0.29, 0.717) is 18.8 Å². The third kappa shape index (κ3) is 12.6. The summed E-state index contributed by atoms with van der Waals surface area (Å²) in [5, 5.41) is 10.5. The maximum Gasteiger partial charge on any atom is 0.321 e. The Kier molecular flexibility index (Phi) is 11.6. The SMILES string of the molecule is Cc1cc(=O)nc(NC(=O)NCCNC(=O)NCCC[Si](C)(C)O[Si](C)(C)CCCN)[nH]1. The quantitative estimate of drug-likeness (QED) is 0.184. The molecule has 7 N–H and O–H groups in total. The first-order chi connectivity index (χ1) is 14.9. The van der Waals surface area contributed by atoms with Gasteiger partial charge in [-0.3, -0.25) is 10.1 Å². The summed E-state index contributed by atoms with van der Waals surface area (Å²) < 4.78 is 6.52. The van der Waals surface area contributed by atoms with E-state index in [1.54, 1.807) is 6.92 Å². The standard InChI is InChI=1S/C19H39N7O4Si2/c1-15-14-16(27)25-17(24-15)26-19(29)23-11-10-22-18(28)21-9-7-13-32(4,5)30-31(2,3)12-6-8-20/h14H,6-13,20H2,1-5H3,(H2,21,22,28)(H3,23,24,25,26,27,29). The lowest BCUT2D eigenvalue weighted by Gasteiger charge is -2.34. The van der Waals surface area contributed by atoms with Crippen molar-refractivity contribution in [3.05, 3.63) is 22.1 Å². The van der Waals surface area contributed by atoms with Crippen molar-refractivity contribution in [2.75, 3.05) is 31.5 Å². The molecular weight excluding hydrogens is 446 g/mol. The van der Waals surface area contributed by atoms with E-state index in [0.717, 1.165) is 24.9 Å². The summed E-state index contributed by atoms with van der Waals surface area (Å²) >= 11 is 0. The number of amides is 4. The molecule has 1 rings (SSSR count). The molecule has 0 spiro atoms. The first-order valence-electron chi connectivity index (χ1n) is 11.0. The molecular formula is C19H39N7O4Si2. The van der Waals surface area contributed by atoms with Gasteiger partial charge in [-0.05, 0) is 64.6 Å². The van der Waals surface area contributed by atoms with Crippen molar-refractivity contribution in [3.8, 4) is 0 Å². The highest BCUT2D eigenvalue weighted by molar-refractivity contribution is 6.84. The Morgan fingerprint density at radius 3 is 2.16 bits per heavy atom. The molecule has 0 bridgehead atoms. The van der Waals surface area contributed by atoms with Crippen LogP contribution < -0.4 is 32.6 Å². The molecule has 1 aromatic rings. The van der Waals surface area contributed by atoms with E-state index in [4.69, 9.17) is 9.85 Å². The molecule has 0 aromatic carbocycles. The van der Waals surface area contributed by atoms with E-state index in [2.05, 4.69) is 57.4 Å². The minimum absolute atomic E-state index is 0.0686. The van der Waals surface area contributed by atoms with Crippen molar-refractivity contribution in [2.45, 2.75) is 58.0 Å². The Labute approximate surface area is 191 Å². The molecule has 11 nitrogen and oxygen atoms in total. The Hall–Kier alpha value is -2.23. The third-order valence-corrected chi connectivity index (χ3v) is 12.1. The molecule has 0 radical (unpaired) electrons. The van der Waals surface area contributed by atoms with Gasteiger partial charge in [-0.25, -0.2) is 9.59 Å². The molecule has 0 unspecified atom stereocenters. The van der Waals surface area contributed by atoms with E-state index in [-0.39, 0.29) is 25.1 Å². The zero-order valence-corrected chi connectivity index (χ0v) is 21.9. The molecule has 1 aromatic heterocycles. The van der Waals surface area contributed by atoms with Crippen LogP contribution in [0.15, 0.2) is 10.9 Å². The van der Waals surface area contributed by atoms with Crippen LogP contribution in [-0.2, 0) is 4.12 Å². The summed E-state index contributed by atoms with van der Waals surface area (Å²) in [6, 6.07) is 2.57. The average Bonchev–Trinajstić information content (AvgIpc) is 2.65. The van der Waals surface area contributed by atoms with Crippen LogP contribution in [-0.4, -0.2) is 64.8 Å². The number of carbonyl (C=O) groups excluding carboxylic acids is 2. The summed E-state index contributed by atoms with van der Waals surface area (Å²) in [6.45, 7) is 12.4. The van der Waals surface area contributed by atoms with E-state index >= 15 is 0 Å². The van der Waals surface area contributed by atoms with Gasteiger partial charge in [-0.15, -0.1) is 0 Å². The Morgan fingerprint density at radius 1 is 1.00 bits per heavy atom. The second-order valence-corrected chi connectivity index (χ2v) is 17.8. The molecule has 4 amide bonds. The average molecular weight is 486 g/mol. The fourth-order valence-corrected chi connectivity index (χ4v) is 12.2. The van der Waals surface area contributed by atoms with Crippen LogP contribution in [0.1, 0.15) is 18.5 Å². The summed E-state index contributed by atoms with van der Waals surface area (Å²) in [7, 11) is -3.46. The number of nitrogens with one attached hydrogen (secondary N) is 5. The number of urea groups is 2. The van der Waals surface area contributed by atoms with Gasteiger partial charge in [0.25, 0.3) is 5.56 Å². The van der Waals surface area contributed by atoms with E-state index in [1.807, 2.05) is 0 Å². The first kappa shape index (κ1) is 27.8. The van der Waals surface area contributed by atoms with Crippen molar-refractivity contribution in [1.29, 1.82) is 0 Å². The minimum Gasteiger partial charge on any atom is -0.455 e. The summed E-state index contributed by atoms with van der Waals surface area (Å²) in [5.74, 6) is 0.0686. The predicted octanol–water partition coefficient (Wildman–Crippen LogP) is 1.66. The van der Waals surface area contributed by atoms with Crippen molar-refractivity contribution in [2.24, 2.45) is 5.73 Å². The van der Waals surface area contributed by atoms with Gasteiger partial charge in [0, 0.05) is 31.4 Å². The molecule has 0 aliphatic carbocycles. The monoisotopic (exact) mass is 485 g/mol. The number of aromatic amines is 1. The molecule has 32 heavy (non-hydrogen) atoms. The molecule has 0 aliphatic rings. The molecule has 0 atom stereocenters. The molecule has 1 heterocycles. The zero-order chi connectivity index (χ0) is 24.2. The fourth-order valence-electron chi connectivity index (χ4n) is 3.30. The van der Waals surface area contributed by atoms with Crippen molar-refractivity contribution in [1.82, 2.24) is 25.9 Å². The Balaban J connectivity index is 2.18. The van der Waals surface area contributed by atoms with Crippen LogP contribution in [0.2, 0.25) is 38.3 Å². The van der Waals surface area contributed by atoms with Gasteiger partial charge >= 0.3 is 12.1 Å². The van der Waals surface area contributed by atoms with Gasteiger partial charge in [-0.2, -0.15) is 4.98 Å². The number of H-pyrrole nitrogens is 1. The lowest BCUT2D eigenvalue weighted by Crippen LogP contribution is -2.45. The topological polar surface area (TPSA) is 163 Å². The van der Waals surface area contributed by atoms with Gasteiger partial charge in [0.05, 0.1) is 0 Å².